The molecule has 1 aromatic carbocycles. The summed E-state index contributed by atoms with van der Waals surface area (Å²) in [6.45, 7) is 2.85. The number of ether oxygens (including phenoxy) is 1. The van der Waals surface area contributed by atoms with Gasteiger partial charge in [-0.25, -0.2) is 4.39 Å². The van der Waals surface area contributed by atoms with Crippen LogP contribution in [0.3, 0.4) is 0 Å². The predicted molar refractivity (Wildman–Crippen MR) is 89.3 cm³/mol. The lowest BCUT2D eigenvalue weighted by atomic mass is 10.1. The van der Waals surface area contributed by atoms with Gasteiger partial charge in [-0.05, 0) is 39.7 Å². The number of hydrogen-bond acceptors (Lipinski definition) is 4. The summed E-state index contributed by atoms with van der Waals surface area (Å²) in [6.07, 6.45) is 1.65. The van der Waals surface area contributed by atoms with Gasteiger partial charge in [0.15, 0.2) is 0 Å². The summed E-state index contributed by atoms with van der Waals surface area (Å²) in [4.78, 5) is 2.09. The molecule has 0 unspecified atom stereocenters. The van der Waals surface area contributed by atoms with Gasteiger partial charge in [-0.15, -0.1) is 0 Å². The normalized spacial score (nSPS) is 15.5. The van der Waals surface area contributed by atoms with E-state index in [0.29, 0.717) is 30.1 Å². The third kappa shape index (κ3) is 3.63. The highest BCUT2D eigenvalue weighted by molar-refractivity contribution is 9.10. The molecule has 0 spiro atoms. The minimum absolute atomic E-state index is 0.332. The van der Waals surface area contributed by atoms with E-state index in [-0.39, 0.29) is 5.82 Å². The zero-order valence-corrected chi connectivity index (χ0v) is 13.8. The van der Waals surface area contributed by atoms with Gasteiger partial charge in [0.1, 0.15) is 11.6 Å². The van der Waals surface area contributed by atoms with E-state index < -0.39 is 0 Å². The Morgan fingerprint density at radius 1 is 1.26 bits per heavy atom. The largest absolute Gasteiger partial charge is 0.440 e. The first kappa shape index (κ1) is 15.8. The maximum atomic E-state index is 13.0. The third-order valence-corrected chi connectivity index (χ3v) is 4.12. The molecule has 0 amide bonds. The van der Waals surface area contributed by atoms with Crippen molar-refractivity contribution in [2.75, 3.05) is 31.2 Å². The van der Waals surface area contributed by atoms with Crippen molar-refractivity contribution in [3.63, 3.8) is 0 Å². The molecule has 1 fully saturated rings. The summed E-state index contributed by atoms with van der Waals surface area (Å²) in [5.74, 6) is 0.969. The fraction of sp³-hybridized carbons (Fsp3) is 0.235. The second-order valence-electron chi connectivity index (χ2n) is 5.08. The van der Waals surface area contributed by atoms with E-state index in [0.717, 1.165) is 23.4 Å². The van der Waals surface area contributed by atoms with Crippen LogP contribution >= 0.6 is 15.9 Å². The Balaban J connectivity index is 1.88. The maximum absolute atomic E-state index is 13.0. The summed E-state index contributed by atoms with van der Waals surface area (Å²) >= 11 is 3.49. The van der Waals surface area contributed by atoms with Crippen LogP contribution in [0.5, 0.6) is 0 Å². The van der Waals surface area contributed by atoms with Gasteiger partial charge in [0, 0.05) is 19.2 Å². The van der Waals surface area contributed by atoms with Crippen molar-refractivity contribution in [3.05, 3.63) is 51.9 Å². The van der Waals surface area contributed by atoms with Crippen molar-refractivity contribution in [2.45, 2.75) is 0 Å². The van der Waals surface area contributed by atoms with E-state index in [9.17, 15) is 9.65 Å². The van der Waals surface area contributed by atoms with Gasteiger partial charge in [0.2, 0.25) is 5.88 Å². The number of morpholine rings is 1. The molecule has 0 radical (unpaired) electrons. The summed E-state index contributed by atoms with van der Waals surface area (Å²) in [5.41, 5.74) is 1.06. The zero-order chi connectivity index (χ0) is 16.2. The quantitative estimate of drug-likeness (QED) is 0.757. The Labute approximate surface area is 141 Å². The Kier molecular flexibility index (Phi) is 4.79. The minimum atomic E-state index is -0.332. The Morgan fingerprint density at radius 3 is 2.61 bits per heavy atom. The van der Waals surface area contributed by atoms with E-state index in [1.165, 1.54) is 12.1 Å². The van der Waals surface area contributed by atoms with E-state index in [2.05, 4.69) is 26.9 Å². The smallest absolute Gasteiger partial charge is 0.210 e. The first-order valence-electron chi connectivity index (χ1n) is 7.17. The van der Waals surface area contributed by atoms with Crippen LogP contribution in [0.4, 0.5) is 10.3 Å². The molecule has 0 N–H and O–H groups in total. The van der Waals surface area contributed by atoms with Gasteiger partial charge < -0.3 is 14.1 Å². The Bertz CT molecular complexity index is 756. The molecule has 1 saturated heterocycles. The van der Waals surface area contributed by atoms with Crippen LogP contribution in [0, 0.1) is 17.1 Å². The number of furan rings is 1. The van der Waals surface area contributed by atoms with Crippen molar-refractivity contribution in [1.29, 1.82) is 5.26 Å². The predicted octanol–water partition coefficient (Wildman–Crippen LogP) is 4.08. The highest BCUT2D eigenvalue weighted by Crippen LogP contribution is 2.32. The average Bonchev–Trinajstić information content (AvgIpc) is 2.95. The monoisotopic (exact) mass is 376 g/mol. The number of halogens is 2. The van der Waals surface area contributed by atoms with Crippen LogP contribution in [-0.2, 0) is 4.74 Å². The van der Waals surface area contributed by atoms with E-state index >= 15 is 0 Å². The van der Waals surface area contributed by atoms with E-state index in [4.69, 9.17) is 9.15 Å². The first-order chi connectivity index (χ1) is 11.2. The molecule has 0 saturated carbocycles. The lowest BCUT2D eigenvalue weighted by Gasteiger charge is -2.26. The second kappa shape index (κ2) is 6.99. The highest BCUT2D eigenvalue weighted by atomic mass is 79.9. The van der Waals surface area contributed by atoms with Crippen molar-refractivity contribution in [3.8, 4) is 6.07 Å². The molecular weight excluding hydrogens is 363 g/mol. The fourth-order valence-corrected chi connectivity index (χ4v) is 2.94. The molecule has 4 nitrogen and oxygen atoms in total. The molecule has 3 rings (SSSR count). The average molecular weight is 377 g/mol. The van der Waals surface area contributed by atoms with Crippen LogP contribution in [0.1, 0.15) is 11.3 Å². The number of benzene rings is 1. The number of anilines is 1. The topological polar surface area (TPSA) is 49.4 Å². The maximum Gasteiger partial charge on any atom is 0.210 e. The number of nitriles is 1. The Hall–Kier alpha value is -2.10. The molecule has 0 atom stereocenters. The number of nitrogens with zero attached hydrogens (tertiary/aromatic N) is 2. The molecule has 23 heavy (non-hydrogen) atoms. The molecule has 1 aliphatic rings. The molecule has 1 aromatic heterocycles. The first-order valence-corrected chi connectivity index (χ1v) is 7.96. The fourth-order valence-electron chi connectivity index (χ4n) is 2.38. The molecule has 6 heteroatoms. The lowest BCUT2D eigenvalue weighted by Crippen LogP contribution is -2.36. The van der Waals surface area contributed by atoms with Gasteiger partial charge in [0.25, 0.3) is 0 Å². The summed E-state index contributed by atoms with van der Waals surface area (Å²) in [5, 5.41) is 9.34. The van der Waals surface area contributed by atoms with Crippen molar-refractivity contribution in [2.24, 2.45) is 0 Å². The van der Waals surface area contributed by atoms with Crippen LogP contribution < -0.4 is 4.90 Å². The van der Waals surface area contributed by atoms with E-state index in [1.54, 1.807) is 18.2 Å². The van der Waals surface area contributed by atoms with Crippen LogP contribution in [0.15, 0.2) is 39.2 Å². The van der Waals surface area contributed by atoms with Crippen molar-refractivity contribution in [1.82, 2.24) is 0 Å². The molecule has 2 heterocycles. The van der Waals surface area contributed by atoms with Crippen LogP contribution in [0.25, 0.3) is 11.6 Å². The lowest BCUT2D eigenvalue weighted by molar-refractivity contribution is 0.120. The molecule has 118 valence electrons. The summed E-state index contributed by atoms with van der Waals surface area (Å²) in [7, 11) is 0. The number of hydrogen-bond donors (Lipinski definition) is 0. The molecule has 2 aromatic rings. The molecule has 0 aliphatic carbocycles. The van der Waals surface area contributed by atoms with Gasteiger partial charge >= 0.3 is 0 Å². The van der Waals surface area contributed by atoms with Crippen molar-refractivity contribution < 1.29 is 13.5 Å². The summed E-state index contributed by atoms with van der Waals surface area (Å²) < 4.78 is 25.0. The minimum Gasteiger partial charge on any atom is -0.440 e. The van der Waals surface area contributed by atoms with Gasteiger partial charge in [-0.3, -0.25) is 0 Å². The van der Waals surface area contributed by atoms with Crippen LogP contribution in [0.2, 0.25) is 0 Å². The van der Waals surface area contributed by atoms with E-state index in [1.807, 2.05) is 6.07 Å². The second-order valence-corrected chi connectivity index (χ2v) is 5.93. The SMILES string of the molecule is N#C/C(=C/c1cc(Br)c(N2CCOCC2)o1)c1ccc(F)cc1. The van der Waals surface area contributed by atoms with Gasteiger partial charge in [-0.1, -0.05) is 12.1 Å². The third-order valence-electron chi connectivity index (χ3n) is 3.55. The van der Waals surface area contributed by atoms with Crippen molar-refractivity contribution >= 4 is 33.5 Å². The summed E-state index contributed by atoms with van der Waals surface area (Å²) in [6, 6.07) is 9.76. The zero-order valence-electron chi connectivity index (χ0n) is 12.3. The van der Waals surface area contributed by atoms with Gasteiger partial charge in [0.05, 0.1) is 29.3 Å². The standard InChI is InChI=1S/C17H14BrFN2O2/c18-16-10-15(23-17(16)21-5-7-22-8-6-21)9-13(11-20)12-1-3-14(19)4-2-12/h1-4,9-10H,5-8H2/b13-9-. The van der Waals surface area contributed by atoms with Crippen LogP contribution in [-0.4, -0.2) is 26.3 Å². The molecule has 0 bridgehead atoms. The number of rotatable bonds is 3. The molecule has 1 aliphatic heterocycles. The number of allylic oxidation sites excluding steroid dienone is 1. The highest BCUT2D eigenvalue weighted by Gasteiger charge is 2.18. The Morgan fingerprint density at radius 2 is 1.96 bits per heavy atom. The van der Waals surface area contributed by atoms with Gasteiger partial charge in [-0.2, -0.15) is 5.26 Å². The molecular formula is C17H14BrFN2O2.